The summed E-state index contributed by atoms with van der Waals surface area (Å²) in [5.74, 6) is 0. The van der Waals surface area contributed by atoms with Gasteiger partial charge in [0.05, 0.1) is 10.7 Å². The van der Waals surface area contributed by atoms with E-state index in [9.17, 15) is 0 Å². The molecule has 4 heteroatoms. The Morgan fingerprint density at radius 1 is 1.64 bits per heavy atom. The quantitative estimate of drug-likeness (QED) is 0.787. The number of aryl methyl sites for hydroxylation is 1. The molecule has 11 heavy (non-hydrogen) atoms. The highest BCUT2D eigenvalue weighted by atomic mass is 35.5. The summed E-state index contributed by atoms with van der Waals surface area (Å²) in [4.78, 5) is 4.29. The van der Waals surface area contributed by atoms with Gasteiger partial charge in [-0.1, -0.05) is 11.6 Å². The molecule has 0 aliphatic rings. The SMILES string of the molecule is CNCCc1nc(C)sc1Cl. The average molecular weight is 191 g/mol. The van der Waals surface area contributed by atoms with Crippen LogP contribution in [0.5, 0.6) is 0 Å². The molecule has 0 aliphatic carbocycles. The molecule has 62 valence electrons. The van der Waals surface area contributed by atoms with Gasteiger partial charge in [0, 0.05) is 13.0 Å². The molecule has 0 radical (unpaired) electrons. The lowest BCUT2D eigenvalue weighted by Crippen LogP contribution is -2.10. The first-order chi connectivity index (χ1) is 5.24. The average Bonchev–Trinajstić information content (AvgIpc) is 2.26. The molecule has 0 spiro atoms. The Kier molecular flexibility index (Phi) is 3.30. The van der Waals surface area contributed by atoms with E-state index in [1.807, 2.05) is 14.0 Å². The first-order valence-corrected chi connectivity index (χ1v) is 4.70. The van der Waals surface area contributed by atoms with Gasteiger partial charge in [0.25, 0.3) is 0 Å². The largest absolute Gasteiger partial charge is 0.319 e. The molecule has 1 rings (SSSR count). The number of thiazole rings is 1. The molecule has 0 saturated heterocycles. The predicted octanol–water partition coefficient (Wildman–Crippen LogP) is 1.87. The van der Waals surface area contributed by atoms with Crippen molar-refractivity contribution in [3.63, 3.8) is 0 Å². The second kappa shape index (κ2) is 4.04. The second-order valence-electron chi connectivity index (χ2n) is 2.31. The Morgan fingerprint density at radius 2 is 2.36 bits per heavy atom. The van der Waals surface area contributed by atoms with Crippen molar-refractivity contribution in [1.82, 2.24) is 10.3 Å². The van der Waals surface area contributed by atoms with Crippen LogP contribution in [0.2, 0.25) is 4.34 Å². The molecule has 0 unspecified atom stereocenters. The highest BCUT2D eigenvalue weighted by molar-refractivity contribution is 7.15. The lowest BCUT2D eigenvalue weighted by atomic mass is 10.3. The number of nitrogens with one attached hydrogen (secondary N) is 1. The van der Waals surface area contributed by atoms with Gasteiger partial charge < -0.3 is 5.32 Å². The molecule has 1 N–H and O–H groups in total. The second-order valence-corrected chi connectivity index (χ2v) is 4.11. The molecule has 0 amide bonds. The number of aromatic nitrogens is 1. The summed E-state index contributed by atoms with van der Waals surface area (Å²) in [6.45, 7) is 2.91. The van der Waals surface area contributed by atoms with E-state index in [1.165, 1.54) is 0 Å². The maximum atomic E-state index is 5.91. The number of halogens is 1. The summed E-state index contributed by atoms with van der Waals surface area (Å²) in [7, 11) is 1.92. The van der Waals surface area contributed by atoms with Gasteiger partial charge in [-0.2, -0.15) is 0 Å². The Labute approximate surface area is 75.6 Å². The van der Waals surface area contributed by atoms with E-state index in [2.05, 4.69) is 10.3 Å². The number of hydrogen-bond acceptors (Lipinski definition) is 3. The maximum absolute atomic E-state index is 5.91. The zero-order valence-corrected chi connectivity index (χ0v) is 8.22. The minimum absolute atomic E-state index is 0.831. The lowest BCUT2D eigenvalue weighted by molar-refractivity contribution is 0.779. The molecule has 1 aromatic rings. The molecular weight excluding hydrogens is 180 g/mol. The van der Waals surface area contributed by atoms with Gasteiger partial charge in [0.15, 0.2) is 0 Å². The van der Waals surface area contributed by atoms with E-state index in [4.69, 9.17) is 11.6 Å². The number of hydrogen-bond donors (Lipinski definition) is 1. The molecule has 0 fully saturated rings. The summed E-state index contributed by atoms with van der Waals surface area (Å²) in [5.41, 5.74) is 1.02. The summed E-state index contributed by atoms with van der Waals surface area (Å²) in [6.07, 6.45) is 0.916. The third kappa shape index (κ3) is 2.43. The van der Waals surface area contributed by atoms with Gasteiger partial charge in [-0.3, -0.25) is 0 Å². The first kappa shape index (κ1) is 8.97. The first-order valence-electron chi connectivity index (χ1n) is 3.50. The fraction of sp³-hybridized carbons (Fsp3) is 0.571. The van der Waals surface area contributed by atoms with Crippen molar-refractivity contribution in [1.29, 1.82) is 0 Å². The fourth-order valence-corrected chi connectivity index (χ4v) is 2.00. The van der Waals surface area contributed by atoms with Crippen molar-refractivity contribution in [2.45, 2.75) is 13.3 Å². The van der Waals surface area contributed by atoms with Crippen LogP contribution in [0.25, 0.3) is 0 Å². The van der Waals surface area contributed by atoms with Gasteiger partial charge in [-0.15, -0.1) is 11.3 Å². The monoisotopic (exact) mass is 190 g/mol. The summed E-state index contributed by atoms with van der Waals surface area (Å²) >= 11 is 7.46. The molecule has 1 heterocycles. The summed E-state index contributed by atoms with van der Waals surface area (Å²) in [6, 6.07) is 0. The number of likely N-dealkylation sites (N-methyl/N-ethyl adjacent to an activating group) is 1. The van der Waals surface area contributed by atoms with Gasteiger partial charge >= 0.3 is 0 Å². The zero-order valence-electron chi connectivity index (χ0n) is 6.65. The predicted molar refractivity (Wildman–Crippen MR) is 49.5 cm³/mol. The van der Waals surface area contributed by atoms with Gasteiger partial charge in [-0.05, 0) is 14.0 Å². The van der Waals surface area contributed by atoms with Crippen LogP contribution in [0.3, 0.4) is 0 Å². The smallest absolute Gasteiger partial charge is 0.116 e. The van der Waals surface area contributed by atoms with E-state index in [-0.39, 0.29) is 0 Å². The van der Waals surface area contributed by atoms with E-state index >= 15 is 0 Å². The molecule has 0 atom stereocenters. The third-order valence-corrected chi connectivity index (χ3v) is 2.62. The molecule has 0 aromatic carbocycles. The van der Waals surface area contributed by atoms with Crippen molar-refractivity contribution in [2.75, 3.05) is 13.6 Å². The summed E-state index contributed by atoms with van der Waals surface area (Å²) < 4.78 is 0.831. The third-order valence-electron chi connectivity index (χ3n) is 1.37. The van der Waals surface area contributed by atoms with E-state index in [1.54, 1.807) is 11.3 Å². The highest BCUT2D eigenvalue weighted by Crippen LogP contribution is 2.23. The van der Waals surface area contributed by atoms with Crippen LogP contribution in [0.1, 0.15) is 10.7 Å². The van der Waals surface area contributed by atoms with Crippen molar-refractivity contribution in [3.8, 4) is 0 Å². The minimum Gasteiger partial charge on any atom is -0.319 e. The van der Waals surface area contributed by atoms with Crippen LogP contribution in [-0.4, -0.2) is 18.6 Å². The zero-order chi connectivity index (χ0) is 8.27. The van der Waals surface area contributed by atoms with E-state index in [0.29, 0.717) is 0 Å². The van der Waals surface area contributed by atoms with E-state index in [0.717, 1.165) is 28.0 Å². The van der Waals surface area contributed by atoms with Crippen LogP contribution in [-0.2, 0) is 6.42 Å². The van der Waals surface area contributed by atoms with Gasteiger partial charge in [0.1, 0.15) is 4.34 Å². The number of nitrogens with zero attached hydrogens (tertiary/aromatic N) is 1. The minimum atomic E-state index is 0.831. The van der Waals surface area contributed by atoms with Crippen LogP contribution in [0.4, 0.5) is 0 Å². The molecule has 0 bridgehead atoms. The van der Waals surface area contributed by atoms with Gasteiger partial charge in [0.2, 0.25) is 0 Å². The topological polar surface area (TPSA) is 24.9 Å². The highest BCUT2D eigenvalue weighted by Gasteiger charge is 2.04. The van der Waals surface area contributed by atoms with Crippen LogP contribution in [0.15, 0.2) is 0 Å². The Balaban J connectivity index is 2.62. The fourth-order valence-electron chi connectivity index (χ4n) is 0.843. The lowest BCUT2D eigenvalue weighted by Gasteiger charge is -1.94. The normalized spacial score (nSPS) is 10.5. The van der Waals surface area contributed by atoms with Gasteiger partial charge in [-0.25, -0.2) is 4.98 Å². The van der Waals surface area contributed by atoms with Crippen molar-refractivity contribution >= 4 is 22.9 Å². The van der Waals surface area contributed by atoms with E-state index < -0.39 is 0 Å². The molecular formula is C7H11ClN2S. The van der Waals surface area contributed by atoms with Crippen molar-refractivity contribution in [2.24, 2.45) is 0 Å². The Hall–Kier alpha value is -0.120. The van der Waals surface area contributed by atoms with Crippen LogP contribution in [0, 0.1) is 6.92 Å². The molecule has 2 nitrogen and oxygen atoms in total. The van der Waals surface area contributed by atoms with Crippen LogP contribution < -0.4 is 5.32 Å². The van der Waals surface area contributed by atoms with Crippen molar-refractivity contribution in [3.05, 3.63) is 15.0 Å². The molecule has 0 saturated carbocycles. The van der Waals surface area contributed by atoms with Crippen LogP contribution >= 0.6 is 22.9 Å². The molecule has 0 aliphatic heterocycles. The standard InChI is InChI=1S/C7H11ClN2S/c1-5-10-6(3-4-9-2)7(8)11-5/h9H,3-4H2,1-2H3. The Bertz CT molecular complexity index is 234. The number of rotatable bonds is 3. The Morgan fingerprint density at radius 3 is 2.82 bits per heavy atom. The van der Waals surface area contributed by atoms with Crippen molar-refractivity contribution < 1.29 is 0 Å². The maximum Gasteiger partial charge on any atom is 0.116 e. The molecule has 1 aromatic heterocycles. The summed E-state index contributed by atoms with van der Waals surface area (Å²) in [5, 5.41) is 4.10.